The van der Waals surface area contributed by atoms with Gasteiger partial charge in [0.05, 0.1) is 5.41 Å². The van der Waals surface area contributed by atoms with Crippen molar-refractivity contribution >= 4 is 29.2 Å². The van der Waals surface area contributed by atoms with E-state index in [1.54, 1.807) is 18.5 Å². The van der Waals surface area contributed by atoms with Gasteiger partial charge in [0, 0.05) is 12.4 Å². The Morgan fingerprint density at radius 1 is 1.09 bits per heavy atom. The average molecular weight is 316 g/mol. The van der Waals surface area contributed by atoms with E-state index in [-0.39, 0.29) is 11.3 Å². The summed E-state index contributed by atoms with van der Waals surface area (Å²) in [5.41, 5.74) is -0.183. The van der Waals surface area contributed by atoms with Crippen LogP contribution in [0.2, 0.25) is 0 Å². The summed E-state index contributed by atoms with van der Waals surface area (Å²) in [5, 5.41) is 6.07. The minimum atomic E-state index is -0.183. The Morgan fingerprint density at radius 3 is 2.18 bits per heavy atom. The van der Waals surface area contributed by atoms with Gasteiger partial charge in [-0.05, 0) is 74.6 Å². The van der Waals surface area contributed by atoms with E-state index in [1.807, 2.05) is 0 Å². The molecule has 6 heteroatoms. The van der Waals surface area contributed by atoms with Crippen LogP contribution in [0.1, 0.15) is 38.5 Å². The van der Waals surface area contributed by atoms with Gasteiger partial charge in [0.1, 0.15) is 0 Å². The smallest absolute Gasteiger partial charge is 0.232 e. The third-order valence-corrected chi connectivity index (χ3v) is 5.74. The first-order valence-corrected chi connectivity index (χ1v) is 8.43. The van der Waals surface area contributed by atoms with Crippen molar-refractivity contribution in [3.05, 3.63) is 18.5 Å². The molecular formula is C16H20N4OS. The molecule has 0 unspecified atom stereocenters. The number of anilines is 1. The molecule has 0 aliphatic heterocycles. The largest absolute Gasteiger partial charge is 0.302 e. The number of nitrogens with zero attached hydrogens (tertiary/aromatic N) is 2. The number of carbonyl (C=O) groups excluding carboxylic acids is 1. The van der Waals surface area contributed by atoms with E-state index in [9.17, 15) is 4.79 Å². The summed E-state index contributed by atoms with van der Waals surface area (Å²) in [4.78, 5) is 20.9. The van der Waals surface area contributed by atoms with Crippen molar-refractivity contribution in [1.82, 2.24) is 15.3 Å². The summed E-state index contributed by atoms with van der Waals surface area (Å²) in [6, 6.07) is 1.74. The molecule has 4 saturated carbocycles. The maximum absolute atomic E-state index is 12.8. The van der Waals surface area contributed by atoms with E-state index >= 15 is 0 Å². The van der Waals surface area contributed by atoms with Crippen molar-refractivity contribution in [2.45, 2.75) is 38.5 Å². The van der Waals surface area contributed by atoms with Crippen LogP contribution in [0.3, 0.4) is 0 Å². The van der Waals surface area contributed by atoms with E-state index in [4.69, 9.17) is 12.2 Å². The first-order chi connectivity index (χ1) is 10.6. The number of rotatable bonds is 2. The Labute approximate surface area is 135 Å². The van der Waals surface area contributed by atoms with Gasteiger partial charge in [-0.15, -0.1) is 0 Å². The first-order valence-electron chi connectivity index (χ1n) is 8.02. The quantitative estimate of drug-likeness (QED) is 0.821. The van der Waals surface area contributed by atoms with Gasteiger partial charge in [0.25, 0.3) is 0 Å². The molecule has 1 amide bonds. The van der Waals surface area contributed by atoms with E-state index in [0.717, 1.165) is 37.0 Å². The lowest BCUT2D eigenvalue weighted by Crippen LogP contribution is -2.55. The average Bonchev–Trinajstić information content (AvgIpc) is 2.46. The fourth-order valence-electron chi connectivity index (χ4n) is 5.12. The maximum Gasteiger partial charge on any atom is 0.232 e. The topological polar surface area (TPSA) is 66.9 Å². The summed E-state index contributed by atoms with van der Waals surface area (Å²) in [5.74, 6) is 2.75. The molecule has 0 atom stereocenters. The van der Waals surface area contributed by atoms with E-state index in [0.29, 0.717) is 11.1 Å². The minimum absolute atomic E-state index is 0.0973. The SMILES string of the molecule is O=C(NC(=S)Nc1ncccn1)C12CC3CC(CC(C3)C1)C2. The van der Waals surface area contributed by atoms with E-state index < -0.39 is 0 Å². The van der Waals surface area contributed by atoms with Crippen LogP contribution in [0.4, 0.5) is 5.95 Å². The lowest BCUT2D eigenvalue weighted by atomic mass is 9.49. The van der Waals surface area contributed by atoms with Gasteiger partial charge in [-0.2, -0.15) is 0 Å². The lowest BCUT2D eigenvalue weighted by molar-refractivity contribution is -0.144. The highest BCUT2D eigenvalue weighted by molar-refractivity contribution is 7.80. The van der Waals surface area contributed by atoms with Crippen LogP contribution < -0.4 is 10.6 Å². The Morgan fingerprint density at radius 2 is 1.64 bits per heavy atom. The van der Waals surface area contributed by atoms with Gasteiger partial charge in [-0.25, -0.2) is 9.97 Å². The monoisotopic (exact) mass is 316 g/mol. The van der Waals surface area contributed by atoms with Crippen molar-refractivity contribution in [3.8, 4) is 0 Å². The molecule has 0 radical (unpaired) electrons. The van der Waals surface area contributed by atoms with Crippen LogP contribution >= 0.6 is 12.2 Å². The van der Waals surface area contributed by atoms with Crippen LogP contribution in [-0.4, -0.2) is 21.0 Å². The van der Waals surface area contributed by atoms with Crippen LogP contribution in [0.25, 0.3) is 0 Å². The summed E-state index contributed by atoms with van der Waals surface area (Å²) < 4.78 is 0. The molecule has 5 nitrogen and oxygen atoms in total. The van der Waals surface area contributed by atoms with Crippen LogP contribution in [0.15, 0.2) is 18.5 Å². The molecule has 4 bridgehead atoms. The van der Waals surface area contributed by atoms with E-state index in [2.05, 4.69) is 20.6 Å². The van der Waals surface area contributed by atoms with Gasteiger partial charge in [0.2, 0.25) is 11.9 Å². The molecule has 1 aromatic heterocycles. The predicted octanol–water partition coefficient (Wildman–Crippen LogP) is 2.51. The fourth-order valence-corrected chi connectivity index (χ4v) is 5.30. The van der Waals surface area contributed by atoms with Gasteiger partial charge >= 0.3 is 0 Å². The summed E-state index contributed by atoms with van der Waals surface area (Å²) in [6.45, 7) is 0. The predicted molar refractivity (Wildman–Crippen MR) is 87.0 cm³/mol. The Bertz CT molecular complexity index is 568. The molecule has 5 rings (SSSR count). The zero-order valence-corrected chi connectivity index (χ0v) is 13.2. The number of amides is 1. The highest BCUT2D eigenvalue weighted by Crippen LogP contribution is 2.60. The molecule has 0 saturated heterocycles. The molecule has 0 aromatic carbocycles. The second-order valence-corrected chi connectivity index (χ2v) is 7.59. The summed E-state index contributed by atoms with van der Waals surface area (Å²) in [6.07, 6.45) is 10.4. The molecule has 2 N–H and O–H groups in total. The number of hydrogen-bond donors (Lipinski definition) is 2. The highest BCUT2D eigenvalue weighted by atomic mass is 32.1. The molecule has 116 valence electrons. The lowest BCUT2D eigenvalue weighted by Gasteiger charge is -2.55. The molecule has 0 spiro atoms. The van der Waals surface area contributed by atoms with Crippen LogP contribution in [-0.2, 0) is 4.79 Å². The highest BCUT2D eigenvalue weighted by Gasteiger charge is 2.54. The van der Waals surface area contributed by atoms with Crippen LogP contribution in [0.5, 0.6) is 0 Å². The van der Waals surface area contributed by atoms with Crippen molar-refractivity contribution < 1.29 is 4.79 Å². The number of aromatic nitrogens is 2. The zero-order chi connectivity index (χ0) is 15.2. The second kappa shape index (κ2) is 5.26. The Hall–Kier alpha value is -1.56. The number of nitrogens with one attached hydrogen (secondary N) is 2. The molecular weight excluding hydrogens is 296 g/mol. The zero-order valence-electron chi connectivity index (χ0n) is 12.4. The Kier molecular flexibility index (Phi) is 3.36. The summed E-state index contributed by atoms with van der Waals surface area (Å²) in [7, 11) is 0. The normalized spacial score (nSPS) is 35.2. The van der Waals surface area contributed by atoms with Gasteiger partial charge < -0.3 is 10.6 Å². The van der Waals surface area contributed by atoms with Gasteiger partial charge in [-0.3, -0.25) is 4.79 Å². The van der Waals surface area contributed by atoms with Crippen molar-refractivity contribution in [1.29, 1.82) is 0 Å². The molecule has 4 fully saturated rings. The van der Waals surface area contributed by atoms with Crippen LogP contribution in [0, 0.1) is 23.2 Å². The molecule has 1 heterocycles. The maximum atomic E-state index is 12.8. The van der Waals surface area contributed by atoms with Crippen molar-refractivity contribution in [2.24, 2.45) is 23.2 Å². The summed E-state index contributed by atoms with van der Waals surface area (Å²) >= 11 is 5.24. The molecule has 4 aliphatic rings. The number of carbonyl (C=O) groups is 1. The van der Waals surface area contributed by atoms with Crippen molar-refractivity contribution in [2.75, 3.05) is 5.32 Å². The first kappa shape index (κ1) is 14.1. The molecule has 22 heavy (non-hydrogen) atoms. The third kappa shape index (κ3) is 2.49. The number of hydrogen-bond acceptors (Lipinski definition) is 4. The van der Waals surface area contributed by atoms with Crippen molar-refractivity contribution in [3.63, 3.8) is 0 Å². The van der Waals surface area contributed by atoms with E-state index in [1.165, 1.54) is 19.3 Å². The van der Waals surface area contributed by atoms with Gasteiger partial charge in [-0.1, -0.05) is 0 Å². The van der Waals surface area contributed by atoms with Gasteiger partial charge in [0.15, 0.2) is 5.11 Å². The number of thiocarbonyl (C=S) groups is 1. The molecule has 1 aromatic rings. The second-order valence-electron chi connectivity index (χ2n) is 7.18. The Balaban J connectivity index is 1.43. The molecule has 4 aliphatic carbocycles. The standard InChI is InChI=1S/C16H20N4OS/c21-13(19-15(22)20-14-17-2-1-3-18-14)16-7-10-4-11(8-16)6-12(5-10)9-16/h1-3,10-12H,4-9H2,(H2,17,18,19,20,21,22). The third-order valence-electron chi connectivity index (χ3n) is 5.54. The fraction of sp³-hybridized carbons (Fsp3) is 0.625. The minimum Gasteiger partial charge on any atom is -0.302 e.